The second kappa shape index (κ2) is 8.56. The lowest BCUT2D eigenvalue weighted by molar-refractivity contribution is -0.389. The maximum Gasteiger partial charge on any atom is 0.390 e. The predicted octanol–water partition coefficient (Wildman–Crippen LogP) is 3.48. The topological polar surface area (TPSA) is 154 Å². The molecule has 11 nitrogen and oxygen atoms in total. The molecule has 4 N–H and O–H groups in total. The minimum absolute atomic E-state index is 0.0496. The third kappa shape index (κ3) is 3.99. The van der Waals surface area contributed by atoms with E-state index in [-0.39, 0.29) is 40.0 Å². The lowest BCUT2D eigenvalue weighted by atomic mass is 9.89. The molecular formula is C23H25ClFN7O4. The van der Waals surface area contributed by atoms with Crippen LogP contribution >= 0.6 is 11.6 Å². The Labute approximate surface area is 210 Å². The summed E-state index contributed by atoms with van der Waals surface area (Å²) in [5, 5.41) is 33.5. The number of amides is 1. The number of halogens is 2. The molecular weight excluding hydrogens is 493 g/mol. The van der Waals surface area contributed by atoms with Crippen LogP contribution in [0, 0.1) is 27.8 Å². The van der Waals surface area contributed by atoms with Crippen molar-refractivity contribution >= 4 is 34.8 Å². The Hall–Kier alpha value is -3.51. The van der Waals surface area contributed by atoms with Crippen LogP contribution in [0.3, 0.4) is 0 Å². The van der Waals surface area contributed by atoms with Gasteiger partial charge >= 0.3 is 5.82 Å². The summed E-state index contributed by atoms with van der Waals surface area (Å²) in [6.45, 7) is 0. The van der Waals surface area contributed by atoms with E-state index in [1.807, 2.05) is 0 Å². The summed E-state index contributed by atoms with van der Waals surface area (Å²) in [4.78, 5) is 23.7. The minimum atomic E-state index is -1.21. The van der Waals surface area contributed by atoms with Gasteiger partial charge in [-0.15, -0.1) is 0 Å². The van der Waals surface area contributed by atoms with Crippen LogP contribution < -0.4 is 11.1 Å². The van der Waals surface area contributed by atoms with Crippen molar-refractivity contribution < 1.29 is 19.2 Å². The van der Waals surface area contributed by atoms with Gasteiger partial charge in [0, 0.05) is 18.7 Å². The fourth-order valence-corrected chi connectivity index (χ4v) is 6.10. The monoisotopic (exact) mass is 517 g/mol. The molecule has 2 heterocycles. The first-order valence-electron chi connectivity index (χ1n) is 11.5. The number of fused-ring (bicyclic) bond motifs is 1. The van der Waals surface area contributed by atoms with Crippen LogP contribution in [0.5, 0.6) is 0 Å². The zero-order chi connectivity index (χ0) is 25.9. The molecule has 190 valence electrons. The number of benzene rings is 1. The normalized spacial score (nSPS) is 25.2. The number of nitrogens with two attached hydrogens (primary N) is 1. The maximum absolute atomic E-state index is 13.5. The number of carbonyl (C=O) groups is 1. The van der Waals surface area contributed by atoms with Crippen LogP contribution in [0.25, 0.3) is 0 Å². The highest BCUT2D eigenvalue weighted by Gasteiger charge is 2.52. The summed E-state index contributed by atoms with van der Waals surface area (Å²) in [7, 11) is 3.25. The number of hydrogen-bond acceptors (Lipinski definition) is 7. The van der Waals surface area contributed by atoms with Crippen LogP contribution in [0.15, 0.2) is 24.3 Å². The predicted molar refractivity (Wildman–Crippen MR) is 129 cm³/mol. The summed E-state index contributed by atoms with van der Waals surface area (Å²) >= 11 is 5.84. The summed E-state index contributed by atoms with van der Waals surface area (Å²) in [5.41, 5.74) is 6.61. The van der Waals surface area contributed by atoms with Crippen LogP contribution in [0.1, 0.15) is 53.3 Å². The molecule has 0 spiro atoms. The molecule has 0 bridgehead atoms. The van der Waals surface area contributed by atoms with Crippen molar-refractivity contribution in [3.63, 3.8) is 0 Å². The van der Waals surface area contributed by atoms with Crippen molar-refractivity contribution in [1.82, 2.24) is 19.6 Å². The summed E-state index contributed by atoms with van der Waals surface area (Å²) in [5.74, 6) is -0.896. The van der Waals surface area contributed by atoms with Gasteiger partial charge in [-0.05, 0) is 60.6 Å². The zero-order valence-corrected chi connectivity index (χ0v) is 20.4. The molecule has 0 saturated heterocycles. The Morgan fingerprint density at radius 2 is 1.92 bits per heavy atom. The number of nitrogens with zero attached hydrogens (tertiary/aromatic N) is 5. The van der Waals surface area contributed by atoms with Crippen molar-refractivity contribution in [1.29, 1.82) is 0 Å². The van der Waals surface area contributed by atoms with Gasteiger partial charge in [-0.1, -0.05) is 11.6 Å². The number of nitrogens with one attached hydrogen (secondary N) is 1. The average Bonchev–Trinajstić information content (AvgIpc) is 3.52. The molecule has 2 unspecified atom stereocenters. The van der Waals surface area contributed by atoms with Gasteiger partial charge in [0.1, 0.15) is 22.8 Å². The molecule has 13 heteroatoms. The SMILES string of the molecule is Cn1nc([N+](=O)[O-])cc1C1(O)CC2CC(c3nn(C)c(N)c3C(=O)Nc3ccc(F)c(Cl)c3)CC2C1. The summed E-state index contributed by atoms with van der Waals surface area (Å²) in [6.07, 6.45) is 2.24. The van der Waals surface area contributed by atoms with E-state index < -0.39 is 22.2 Å². The van der Waals surface area contributed by atoms with Crippen LogP contribution in [0.2, 0.25) is 5.02 Å². The lowest BCUT2D eigenvalue weighted by Gasteiger charge is -2.23. The second-order valence-electron chi connectivity index (χ2n) is 9.75. The van der Waals surface area contributed by atoms with E-state index in [0.29, 0.717) is 42.8 Å². The lowest BCUT2D eigenvalue weighted by Crippen LogP contribution is -2.26. The molecule has 5 rings (SSSR count). The Morgan fingerprint density at radius 3 is 2.50 bits per heavy atom. The Morgan fingerprint density at radius 1 is 1.25 bits per heavy atom. The Kier molecular flexibility index (Phi) is 5.75. The van der Waals surface area contributed by atoms with E-state index in [1.54, 1.807) is 14.1 Å². The van der Waals surface area contributed by atoms with E-state index in [1.165, 1.54) is 33.6 Å². The quantitative estimate of drug-likeness (QED) is 0.345. The van der Waals surface area contributed by atoms with E-state index in [2.05, 4.69) is 15.5 Å². The number of carbonyl (C=O) groups excluding carboxylic acids is 1. The van der Waals surface area contributed by atoms with Gasteiger partial charge in [-0.25, -0.2) is 4.39 Å². The fraction of sp³-hybridized carbons (Fsp3) is 0.435. The van der Waals surface area contributed by atoms with Crippen molar-refractivity contribution in [3.05, 3.63) is 62.2 Å². The fourth-order valence-electron chi connectivity index (χ4n) is 5.92. The van der Waals surface area contributed by atoms with Crippen LogP contribution in [0.4, 0.5) is 21.7 Å². The minimum Gasteiger partial charge on any atom is -0.383 e. The summed E-state index contributed by atoms with van der Waals surface area (Å²) < 4.78 is 16.3. The first-order valence-corrected chi connectivity index (χ1v) is 11.8. The van der Waals surface area contributed by atoms with Crippen molar-refractivity contribution in [2.45, 2.75) is 37.2 Å². The van der Waals surface area contributed by atoms with Gasteiger partial charge in [0.15, 0.2) is 0 Å². The third-order valence-electron chi connectivity index (χ3n) is 7.48. The first-order chi connectivity index (χ1) is 17.0. The Bertz CT molecular complexity index is 1370. The first kappa shape index (κ1) is 24.2. The van der Waals surface area contributed by atoms with E-state index in [4.69, 9.17) is 17.3 Å². The van der Waals surface area contributed by atoms with Gasteiger partial charge < -0.3 is 26.3 Å². The molecule has 2 fully saturated rings. The number of aromatic nitrogens is 4. The molecule has 2 atom stereocenters. The molecule has 1 amide bonds. The van der Waals surface area contributed by atoms with Gasteiger partial charge in [0.25, 0.3) is 5.91 Å². The molecule has 2 aliphatic rings. The van der Waals surface area contributed by atoms with E-state index in [9.17, 15) is 24.4 Å². The number of rotatable bonds is 5. The number of aryl methyl sites for hydroxylation is 2. The number of aliphatic hydroxyl groups is 1. The smallest absolute Gasteiger partial charge is 0.383 e. The summed E-state index contributed by atoms with van der Waals surface area (Å²) in [6, 6.07) is 5.24. The van der Waals surface area contributed by atoms with E-state index in [0.717, 1.165) is 0 Å². The van der Waals surface area contributed by atoms with Crippen molar-refractivity contribution in [2.24, 2.45) is 25.9 Å². The number of nitro groups is 1. The molecule has 3 aromatic rings. The standard InChI is InChI=1S/C23H25ClFN7O4/c1-30-17(8-18(28-30)32(35)36)23(34)9-12-5-11(6-13(12)10-23)20-19(21(26)31(2)29-20)22(33)27-14-3-4-16(25)15(24)7-14/h3-4,7-8,11-13,34H,5-6,9-10,26H2,1-2H3,(H,27,33). The van der Waals surface area contributed by atoms with Gasteiger partial charge in [0.2, 0.25) is 0 Å². The molecule has 1 aromatic carbocycles. The van der Waals surface area contributed by atoms with E-state index >= 15 is 0 Å². The van der Waals surface area contributed by atoms with Gasteiger partial charge in [-0.3, -0.25) is 9.48 Å². The maximum atomic E-state index is 13.5. The molecule has 2 aromatic heterocycles. The molecule has 0 aliphatic heterocycles. The third-order valence-corrected chi connectivity index (χ3v) is 7.77. The zero-order valence-electron chi connectivity index (χ0n) is 19.6. The number of hydrogen-bond donors (Lipinski definition) is 3. The second-order valence-corrected chi connectivity index (χ2v) is 10.2. The van der Waals surface area contributed by atoms with Gasteiger partial charge in [0.05, 0.1) is 34.6 Å². The highest BCUT2D eigenvalue weighted by Crippen LogP contribution is 2.57. The molecule has 2 saturated carbocycles. The van der Waals surface area contributed by atoms with Gasteiger partial charge in [-0.2, -0.15) is 9.78 Å². The van der Waals surface area contributed by atoms with Crippen molar-refractivity contribution in [2.75, 3.05) is 11.1 Å². The van der Waals surface area contributed by atoms with Crippen molar-refractivity contribution in [3.8, 4) is 0 Å². The molecule has 0 radical (unpaired) electrons. The van der Waals surface area contributed by atoms with Crippen LogP contribution in [-0.2, 0) is 19.7 Å². The highest BCUT2D eigenvalue weighted by atomic mass is 35.5. The number of nitrogen functional groups attached to an aromatic ring is 1. The molecule has 36 heavy (non-hydrogen) atoms. The molecule has 2 aliphatic carbocycles. The van der Waals surface area contributed by atoms with Crippen LogP contribution in [-0.4, -0.2) is 35.5 Å². The highest BCUT2D eigenvalue weighted by molar-refractivity contribution is 6.31. The largest absolute Gasteiger partial charge is 0.390 e. The Balaban J connectivity index is 1.35. The number of anilines is 2. The average molecular weight is 518 g/mol.